The van der Waals surface area contributed by atoms with Gasteiger partial charge in [0.05, 0.1) is 12.5 Å². The van der Waals surface area contributed by atoms with Crippen LogP contribution in [-0.2, 0) is 25.9 Å². The quantitative estimate of drug-likeness (QED) is 0.611. The van der Waals surface area contributed by atoms with Gasteiger partial charge in [-0.1, -0.05) is 30.3 Å². The maximum Gasteiger partial charge on any atom is 0.255 e. The molecule has 0 fully saturated rings. The molecular weight excluding hydrogens is 412 g/mol. The summed E-state index contributed by atoms with van der Waals surface area (Å²) in [5.41, 5.74) is 6.15. The lowest BCUT2D eigenvalue weighted by Crippen LogP contribution is -2.26. The highest BCUT2D eigenvalue weighted by atomic mass is 16.2. The van der Waals surface area contributed by atoms with Crippen LogP contribution in [0.1, 0.15) is 43.0 Å². The third kappa shape index (κ3) is 5.65. The van der Waals surface area contributed by atoms with Gasteiger partial charge in [0, 0.05) is 36.4 Å². The fourth-order valence-electron chi connectivity index (χ4n) is 3.95. The number of likely N-dealkylation sites (N-methyl/N-ethyl adjacent to an activating group) is 1. The fourth-order valence-corrected chi connectivity index (χ4v) is 3.95. The van der Waals surface area contributed by atoms with E-state index < -0.39 is 0 Å². The minimum atomic E-state index is -0.201. The van der Waals surface area contributed by atoms with Gasteiger partial charge in [-0.25, -0.2) is 0 Å². The van der Waals surface area contributed by atoms with E-state index in [4.69, 9.17) is 5.26 Å². The van der Waals surface area contributed by atoms with Gasteiger partial charge in [-0.3, -0.25) is 9.59 Å². The molecule has 6 nitrogen and oxygen atoms in total. The lowest BCUT2D eigenvalue weighted by Gasteiger charge is -2.25. The molecule has 0 spiro atoms. The summed E-state index contributed by atoms with van der Waals surface area (Å²) in [4.78, 5) is 27.5. The van der Waals surface area contributed by atoms with Crippen LogP contribution in [0.4, 0.5) is 5.69 Å². The molecule has 2 amide bonds. The zero-order valence-corrected chi connectivity index (χ0v) is 18.6. The average Bonchev–Trinajstić information content (AvgIpc) is 2.83. The number of anilines is 1. The molecule has 1 aliphatic heterocycles. The van der Waals surface area contributed by atoms with E-state index in [9.17, 15) is 9.59 Å². The summed E-state index contributed by atoms with van der Waals surface area (Å²) < 4.78 is 0. The summed E-state index contributed by atoms with van der Waals surface area (Å²) in [7, 11) is 2.10. The molecule has 6 heteroatoms. The molecule has 1 heterocycles. The average molecular weight is 439 g/mol. The van der Waals surface area contributed by atoms with Crippen LogP contribution in [0.25, 0.3) is 0 Å². The van der Waals surface area contributed by atoms with Crippen molar-refractivity contribution in [2.45, 2.75) is 25.9 Å². The van der Waals surface area contributed by atoms with Crippen LogP contribution in [0.15, 0.2) is 66.7 Å². The van der Waals surface area contributed by atoms with Crippen molar-refractivity contribution in [3.05, 3.63) is 100 Å². The van der Waals surface area contributed by atoms with Crippen molar-refractivity contribution >= 4 is 17.5 Å². The van der Waals surface area contributed by atoms with Gasteiger partial charge < -0.3 is 15.5 Å². The number of nitrogens with one attached hydrogen (secondary N) is 2. The van der Waals surface area contributed by atoms with Gasteiger partial charge in [0.15, 0.2) is 0 Å². The second-order valence-electron chi connectivity index (χ2n) is 8.34. The molecule has 1 aliphatic rings. The van der Waals surface area contributed by atoms with E-state index in [2.05, 4.69) is 40.8 Å². The van der Waals surface area contributed by atoms with Crippen molar-refractivity contribution in [3.8, 4) is 6.07 Å². The number of hydrogen-bond donors (Lipinski definition) is 2. The molecule has 166 valence electrons. The summed E-state index contributed by atoms with van der Waals surface area (Å²) in [5.74, 6) is -0.382. The molecule has 0 saturated heterocycles. The SMILES string of the molecule is CN1CCc2ccc(NC(=O)c3cccc(CNC(=O)c4ccc(CC#N)cc4)c3)cc2C1. The highest BCUT2D eigenvalue weighted by molar-refractivity contribution is 6.04. The van der Waals surface area contributed by atoms with Gasteiger partial charge in [-0.2, -0.15) is 5.26 Å². The van der Waals surface area contributed by atoms with Crippen molar-refractivity contribution < 1.29 is 9.59 Å². The predicted molar refractivity (Wildman–Crippen MR) is 128 cm³/mol. The Morgan fingerprint density at radius 3 is 2.55 bits per heavy atom. The standard InChI is InChI=1S/C27H26N4O2/c1-31-14-12-21-9-10-25(16-24(21)18-31)30-27(33)23-4-2-3-20(15-23)17-29-26(32)22-7-5-19(6-8-22)11-13-28/h2-10,15-16H,11-12,14,17-18H2,1H3,(H,29,32)(H,30,33). The van der Waals surface area contributed by atoms with E-state index in [0.717, 1.165) is 36.3 Å². The minimum Gasteiger partial charge on any atom is -0.348 e. The summed E-state index contributed by atoms with van der Waals surface area (Å²) in [6.45, 7) is 2.24. The Balaban J connectivity index is 1.37. The largest absolute Gasteiger partial charge is 0.348 e. The third-order valence-electron chi connectivity index (χ3n) is 5.81. The minimum absolute atomic E-state index is 0.180. The van der Waals surface area contributed by atoms with E-state index in [1.807, 2.05) is 18.2 Å². The molecule has 2 N–H and O–H groups in total. The Morgan fingerprint density at radius 1 is 0.939 bits per heavy atom. The molecular formula is C27H26N4O2. The Labute approximate surface area is 193 Å². The number of carbonyl (C=O) groups excluding carboxylic acids is 2. The normalized spacial score (nSPS) is 13.0. The van der Waals surface area contributed by atoms with Gasteiger partial charge in [-0.15, -0.1) is 0 Å². The Hall–Kier alpha value is -3.95. The van der Waals surface area contributed by atoms with E-state index in [0.29, 0.717) is 24.1 Å². The van der Waals surface area contributed by atoms with Crippen molar-refractivity contribution in [1.29, 1.82) is 5.26 Å². The van der Waals surface area contributed by atoms with E-state index in [1.165, 1.54) is 11.1 Å². The number of benzene rings is 3. The van der Waals surface area contributed by atoms with Crippen LogP contribution in [0.3, 0.4) is 0 Å². The zero-order chi connectivity index (χ0) is 23.2. The van der Waals surface area contributed by atoms with E-state index >= 15 is 0 Å². The summed E-state index contributed by atoms with van der Waals surface area (Å²) in [6, 6.07) is 22.4. The highest BCUT2D eigenvalue weighted by Gasteiger charge is 2.15. The number of rotatable bonds is 6. The van der Waals surface area contributed by atoms with Gasteiger partial charge in [-0.05, 0) is 72.1 Å². The smallest absolute Gasteiger partial charge is 0.255 e. The fraction of sp³-hybridized carbons (Fsp3) is 0.222. The summed E-state index contributed by atoms with van der Waals surface area (Å²) in [5, 5.41) is 14.6. The molecule has 0 unspecified atom stereocenters. The first-order valence-corrected chi connectivity index (χ1v) is 11.0. The maximum absolute atomic E-state index is 12.8. The van der Waals surface area contributed by atoms with Crippen LogP contribution in [0.5, 0.6) is 0 Å². The van der Waals surface area contributed by atoms with E-state index in [1.54, 1.807) is 36.4 Å². The zero-order valence-electron chi connectivity index (χ0n) is 18.6. The van der Waals surface area contributed by atoms with Crippen LogP contribution in [-0.4, -0.2) is 30.3 Å². The second-order valence-corrected chi connectivity index (χ2v) is 8.34. The summed E-state index contributed by atoms with van der Waals surface area (Å²) >= 11 is 0. The van der Waals surface area contributed by atoms with Gasteiger partial charge in [0.25, 0.3) is 11.8 Å². The van der Waals surface area contributed by atoms with E-state index in [-0.39, 0.29) is 11.8 Å². The molecule has 0 aliphatic carbocycles. The Bertz CT molecular complexity index is 1210. The van der Waals surface area contributed by atoms with Crippen molar-refractivity contribution in [3.63, 3.8) is 0 Å². The van der Waals surface area contributed by atoms with Gasteiger partial charge >= 0.3 is 0 Å². The lowest BCUT2D eigenvalue weighted by atomic mass is 9.99. The summed E-state index contributed by atoms with van der Waals surface area (Å²) in [6.07, 6.45) is 1.34. The molecule has 33 heavy (non-hydrogen) atoms. The molecule has 0 aromatic heterocycles. The first kappa shape index (κ1) is 22.3. The van der Waals surface area contributed by atoms with Gasteiger partial charge in [0.2, 0.25) is 0 Å². The molecule has 3 aromatic carbocycles. The van der Waals surface area contributed by atoms with Crippen molar-refractivity contribution in [2.24, 2.45) is 0 Å². The Morgan fingerprint density at radius 2 is 1.76 bits per heavy atom. The molecule has 3 aromatic rings. The van der Waals surface area contributed by atoms with Crippen LogP contribution < -0.4 is 10.6 Å². The van der Waals surface area contributed by atoms with Crippen molar-refractivity contribution in [1.82, 2.24) is 10.2 Å². The third-order valence-corrected chi connectivity index (χ3v) is 5.81. The first-order valence-electron chi connectivity index (χ1n) is 11.0. The van der Waals surface area contributed by atoms with Gasteiger partial charge in [0.1, 0.15) is 0 Å². The molecule has 0 radical (unpaired) electrons. The number of nitrogens with zero attached hydrogens (tertiary/aromatic N) is 2. The number of amides is 2. The number of hydrogen-bond acceptors (Lipinski definition) is 4. The lowest BCUT2D eigenvalue weighted by molar-refractivity contribution is 0.0950. The monoisotopic (exact) mass is 438 g/mol. The van der Waals surface area contributed by atoms with Crippen LogP contribution in [0, 0.1) is 11.3 Å². The van der Waals surface area contributed by atoms with Crippen LogP contribution >= 0.6 is 0 Å². The van der Waals surface area contributed by atoms with Crippen molar-refractivity contribution in [2.75, 3.05) is 18.9 Å². The number of fused-ring (bicyclic) bond motifs is 1. The number of carbonyl (C=O) groups is 2. The molecule has 0 saturated carbocycles. The van der Waals surface area contributed by atoms with Crippen LogP contribution in [0.2, 0.25) is 0 Å². The topological polar surface area (TPSA) is 85.2 Å². The predicted octanol–water partition coefficient (Wildman–Crippen LogP) is 3.92. The number of nitriles is 1. The second kappa shape index (κ2) is 10.1. The molecule has 0 atom stereocenters. The first-order chi connectivity index (χ1) is 16.0. The highest BCUT2D eigenvalue weighted by Crippen LogP contribution is 2.22. The molecule has 0 bridgehead atoms. The molecule has 4 rings (SSSR count). The maximum atomic E-state index is 12.8. The Kier molecular flexibility index (Phi) is 6.82.